The molecule has 0 radical (unpaired) electrons. The minimum absolute atomic E-state index is 0.625. The van der Waals surface area contributed by atoms with Crippen LogP contribution in [0.3, 0.4) is 0 Å². The number of ether oxygens (including phenoxy) is 1. The van der Waals surface area contributed by atoms with E-state index in [0.29, 0.717) is 5.92 Å². The van der Waals surface area contributed by atoms with E-state index in [0.717, 1.165) is 11.7 Å². The largest absolute Gasteiger partial charge is 0.497 e. The normalized spacial score (nSPS) is 22.0. The maximum Gasteiger partial charge on any atom is 0.119 e. The van der Waals surface area contributed by atoms with Crippen molar-refractivity contribution < 1.29 is 4.74 Å². The highest BCUT2D eigenvalue weighted by Gasteiger charge is 2.18. The number of methoxy groups -OCH3 is 1. The van der Waals surface area contributed by atoms with Gasteiger partial charge < -0.3 is 10.1 Å². The highest BCUT2D eigenvalue weighted by Crippen LogP contribution is 2.28. The number of hydrogen-bond acceptors (Lipinski definition) is 2. The zero-order chi connectivity index (χ0) is 11.4. The molecular weight excluding hydrogens is 198 g/mol. The fraction of sp³-hybridized carbons (Fsp3) is 0.571. The van der Waals surface area contributed by atoms with Crippen LogP contribution in [0.2, 0.25) is 0 Å². The summed E-state index contributed by atoms with van der Waals surface area (Å²) in [6.45, 7) is 4.69. The third-order valence-corrected chi connectivity index (χ3v) is 3.51. The standard InChI is InChI=1S/C14H21NO/c1-11(8-12-6-7-15-10-12)13-4-3-5-14(9-13)16-2/h3-5,9,11-12,15H,6-8,10H2,1-2H3/t11-,12-/m0/s1. The van der Waals surface area contributed by atoms with Crippen LogP contribution in [0.25, 0.3) is 0 Å². The summed E-state index contributed by atoms with van der Waals surface area (Å²) in [6, 6.07) is 8.45. The summed E-state index contributed by atoms with van der Waals surface area (Å²) in [5.74, 6) is 2.44. The number of nitrogens with one attached hydrogen (secondary N) is 1. The molecule has 1 aromatic carbocycles. The lowest BCUT2D eigenvalue weighted by Crippen LogP contribution is -2.11. The summed E-state index contributed by atoms with van der Waals surface area (Å²) in [5.41, 5.74) is 1.39. The Morgan fingerprint density at radius 1 is 1.50 bits per heavy atom. The molecule has 0 amide bonds. The van der Waals surface area contributed by atoms with E-state index in [4.69, 9.17) is 4.74 Å². The lowest BCUT2D eigenvalue weighted by Gasteiger charge is -2.16. The van der Waals surface area contributed by atoms with Gasteiger partial charge in [-0.1, -0.05) is 19.1 Å². The van der Waals surface area contributed by atoms with E-state index in [1.54, 1.807) is 7.11 Å². The van der Waals surface area contributed by atoms with Crippen molar-refractivity contribution in [1.82, 2.24) is 5.32 Å². The van der Waals surface area contributed by atoms with Crippen LogP contribution in [0.1, 0.15) is 31.2 Å². The first kappa shape index (κ1) is 11.5. The molecule has 2 heteroatoms. The Kier molecular flexibility index (Phi) is 3.83. The van der Waals surface area contributed by atoms with Crippen molar-refractivity contribution in [2.24, 2.45) is 5.92 Å². The summed E-state index contributed by atoms with van der Waals surface area (Å²) < 4.78 is 5.26. The molecule has 2 atom stereocenters. The van der Waals surface area contributed by atoms with Gasteiger partial charge in [0.2, 0.25) is 0 Å². The van der Waals surface area contributed by atoms with Gasteiger partial charge >= 0.3 is 0 Å². The van der Waals surface area contributed by atoms with Gasteiger partial charge in [0.05, 0.1) is 7.11 Å². The predicted molar refractivity (Wildman–Crippen MR) is 67.0 cm³/mol. The van der Waals surface area contributed by atoms with Gasteiger partial charge in [0.15, 0.2) is 0 Å². The van der Waals surface area contributed by atoms with Crippen LogP contribution >= 0.6 is 0 Å². The molecule has 0 spiro atoms. The van der Waals surface area contributed by atoms with Gasteiger partial charge in [0.25, 0.3) is 0 Å². The molecule has 0 aliphatic carbocycles. The van der Waals surface area contributed by atoms with E-state index < -0.39 is 0 Å². The third kappa shape index (κ3) is 2.76. The van der Waals surface area contributed by atoms with Crippen molar-refractivity contribution in [2.75, 3.05) is 20.2 Å². The quantitative estimate of drug-likeness (QED) is 0.840. The molecule has 0 aromatic heterocycles. The van der Waals surface area contributed by atoms with Crippen LogP contribution in [0.15, 0.2) is 24.3 Å². The zero-order valence-corrected chi connectivity index (χ0v) is 10.2. The molecule has 1 N–H and O–H groups in total. The molecule has 1 saturated heterocycles. The van der Waals surface area contributed by atoms with Crippen molar-refractivity contribution in [3.8, 4) is 5.75 Å². The fourth-order valence-corrected chi connectivity index (χ4v) is 2.50. The average Bonchev–Trinajstić information content (AvgIpc) is 2.82. The summed E-state index contributed by atoms with van der Waals surface area (Å²) in [4.78, 5) is 0. The molecule has 16 heavy (non-hydrogen) atoms. The first-order valence-electron chi connectivity index (χ1n) is 6.14. The molecule has 0 saturated carbocycles. The van der Waals surface area contributed by atoms with E-state index in [9.17, 15) is 0 Å². The molecule has 2 nitrogen and oxygen atoms in total. The Bertz CT molecular complexity index is 331. The Morgan fingerprint density at radius 2 is 2.38 bits per heavy atom. The molecule has 1 aliphatic rings. The van der Waals surface area contributed by atoms with Crippen LogP contribution in [0.4, 0.5) is 0 Å². The number of benzene rings is 1. The van der Waals surface area contributed by atoms with E-state index in [-0.39, 0.29) is 0 Å². The van der Waals surface area contributed by atoms with E-state index >= 15 is 0 Å². The van der Waals surface area contributed by atoms with Crippen LogP contribution in [0, 0.1) is 5.92 Å². The van der Waals surface area contributed by atoms with E-state index in [1.807, 2.05) is 6.07 Å². The monoisotopic (exact) mass is 219 g/mol. The lowest BCUT2D eigenvalue weighted by molar-refractivity contribution is 0.412. The van der Waals surface area contributed by atoms with Crippen molar-refractivity contribution in [3.05, 3.63) is 29.8 Å². The number of hydrogen-bond donors (Lipinski definition) is 1. The summed E-state index contributed by atoms with van der Waals surface area (Å²) in [5, 5.41) is 3.43. The minimum Gasteiger partial charge on any atom is -0.497 e. The van der Waals surface area contributed by atoms with Gasteiger partial charge in [0, 0.05) is 0 Å². The van der Waals surface area contributed by atoms with E-state index in [2.05, 4.69) is 30.4 Å². The van der Waals surface area contributed by atoms with Crippen LogP contribution in [-0.4, -0.2) is 20.2 Å². The van der Waals surface area contributed by atoms with Crippen molar-refractivity contribution >= 4 is 0 Å². The Hall–Kier alpha value is -1.02. The van der Waals surface area contributed by atoms with Gasteiger partial charge in [-0.2, -0.15) is 0 Å². The average molecular weight is 219 g/mol. The lowest BCUT2D eigenvalue weighted by atomic mass is 9.90. The van der Waals surface area contributed by atoms with Gasteiger partial charge in [-0.25, -0.2) is 0 Å². The van der Waals surface area contributed by atoms with Crippen molar-refractivity contribution in [2.45, 2.75) is 25.7 Å². The molecule has 1 aliphatic heterocycles. The van der Waals surface area contributed by atoms with Gasteiger partial charge in [0.1, 0.15) is 5.75 Å². The highest BCUT2D eigenvalue weighted by molar-refractivity contribution is 5.30. The maximum absolute atomic E-state index is 5.26. The fourth-order valence-electron chi connectivity index (χ4n) is 2.50. The Labute approximate surface area is 98.0 Å². The Balaban J connectivity index is 1.98. The van der Waals surface area contributed by atoms with Crippen molar-refractivity contribution in [1.29, 1.82) is 0 Å². The third-order valence-electron chi connectivity index (χ3n) is 3.51. The second kappa shape index (κ2) is 5.35. The van der Waals surface area contributed by atoms with Crippen molar-refractivity contribution in [3.63, 3.8) is 0 Å². The second-order valence-electron chi connectivity index (χ2n) is 4.77. The first-order valence-corrected chi connectivity index (χ1v) is 6.14. The molecule has 0 bridgehead atoms. The second-order valence-corrected chi connectivity index (χ2v) is 4.77. The molecule has 1 heterocycles. The zero-order valence-electron chi connectivity index (χ0n) is 10.2. The van der Waals surface area contributed by atoms with Gasteiger partial charge in [-0.15, -0.1) is 0 Å². The van der Waals surface area contributed by atoms with Crippen LogP contribution in [0.5, 0.6) is 5.75 Å². The SMILES string of the molecule is COc1cccc([C@@H](C)C[C@@H]2CCNC2)c1. The number of rotatable bonds is 4. The first-order chi connectivity index (χ1) is 7.79. The van der Waals surface area contributed by atoms with Crippen LogP contribution < -0.4 is 10.1 Å². The molecule has 1 fully saturated rings. The van der Waals surface area contributed by atoms with Gasteiger partial charge in [-0.3, -0.25) is 0 Å². The van der Waals surface area contributed by atoms with E-state index in [1.165, 1.54) is 31.5 Å². The van der Waals surface area contributed by atoms with Gasteiger partial charge in [-0.05, 0) is 55.5 Å². The maximum atomic E-state index is 5.26. The smallest absolute Gasteiger partial charge is 0.119 e. The molecule has 88 valence electrons. The summed E-state index contributed by atoms with van der Waals surface area (Å²) in [7, 11) is 1.73. The topological polar surface area (TPSA) is 21.3 Å². The minimum atomic E-state index is 0.625. The van der Waals surface area contributed by atoms with Crippen LogP contribution in [-0.2, 0) is 0 Å². The Morgan fingerprint density at radius 3 is 3.06 bits per heavy atom. The predicted octanol–water partition coefficient (Wildman–Crippen LogP) is 2.80. The highest BCUT2D eigenvalue weighted by atomic mass is 16.5. The molecular formula is C14H21NO. The summed E-state index contributed by atoms with van der Waals surface area (Å²) in [6.07, 6.45) is 2.61. The molecule has 2 rings (SSSR count). The molecule has 1 aromatic rings. The summed E-state index contributed by atoms with van der Waals surface area (Å²) >= 11 is 0. The molecule has 0 unspecified atom stereocenters.